The molecular weight excluding hydrogens is 420 g/mol. The molecule has 0 heterocycles. The number of para-hydroxylation sites is 1. The van der Waals surface area contributed by atoms with E-state index >= 15 is 0 Å². The highest BCUT2D eigenvalue weighted by atomic mass is 32.1. The van der Waals surface area contributed by atoms with Crippen LogP contribution in [0.2, 0.25) is 0 Å². The van der Waals surface area contributed by atoms with E-state index in [0.29, 0.717) is 24.5 Å². The van der Waals surface area contributed by atoms with Gasteiger partial charge in [0.1, 0.15) is 11.5 Å². The standard InChI is InChI=1S/C26H28N2O3S/c1-2-3-18-31-24-12-8-7-11-23(24)25(29)28-26(32)27-21-13-15-22(16-14-21)30-19-17-20-9-5-4-6-10-20/h4-16H,2-3,17-19H2,1H3,(H2,27,28,29,32). The Morgan fingerprint density at radius 3 is 2.34 bits per heavy atom. The molecule has 3 aromatic carbocycles. The number of amides is 1. The third-order valence-corrected chi connectivity index (χ3v) is 4.93. The number of carbonyl (C=O) groups is 1. The van der Waals surface area contributed by atoms with Gasteiger partial charge in [-0.15, -0.1) is 0 Å². The molecule has 0 aliphatic carbocycles. The zero-order valence-electron chi connectivity index (χ0n) is 18.2. The van der Waals surface area contributed by atoms with Gasteiger partial charge in [0.2, 0.25) is 0 Å². The Hall–Kier alpha value is -3.38. The number of thiocarbonyl (C=S) groups is 1. The molecule has 3 rings (SSSR count). The third kappa shape index (κ3) is 7.39. The smallest absolute Gasteiger partial charge is 0.261 e. The van der Waals surface area contributed by atoms with E-state index in [1.807, 2.05) is 48.5 Å². The number of ether oxygens (including phenoxy) is 2. The Morgan fingerprint density at radius 2 is 1.59 bits per heavy atom. The van der Waals surface area contributed by atoms with Crippen LogP contribution in [0.1, 0.15) is 35.7 Å². The molecule has 32 heavy (non-hydrogen) atoms. The lowest BCUT2D eigenvalue weighted by Crippen LogP contribution is -2.34. The second kappa shape index (κ2) is 12.5. The van der Waals surface area contributed by atoms with Gasteiger partial charge in [-0.05, 0) is 60.6 Å². The van der Waals surface area contributed by atoms with Crippen LogP contribution in [-0.4, -0.2) is 24.2 Å². The van der Waals surface area contributed by atoms with Crippen molar-refractivity contribution in [3.05, 3.63) is 90.0 Å². The number of rotatable bonds is 10. The molecule has 0 unspecified atom stereocenters. The second-order valence-electron chi connectivity index (χ2n) is 7.21. The predicted octanol–water partition coefficient (Wildman–Crippen LogP) is 5.61. The fraction of sp³-hybridized carbons (Fsp3) is 0.231. The van der Waals surface area contributed by atoms with Crippen LogP contribution in [0.5, 0.6) is 11.5 Å². The van der Waals surface area contributed by atoms with E-state index in [-0.39, 0.29) is 11.0 Å². The number of hydrogen-bond donors (Lipinski definition) is 2. The lowest BCUT2D eigenvalue weighted by atomic mass is 10.2. The lowest BCUT2D eigenvalue weighted by Gasteiger charge is -2.13. The van der Waals surface area contributed by atoms with E-state index in [9.17, 15) is 4.79 Å². The van der Waals surface area contributed by atoms with E-state index in [2.05, 4.69) is 29.7 Å². The Balaban J connectivity index is 1.48. The Kier molecular flexibility index (Phi) is 9.07. The van der Waals surface area contributed by atoms with Crippen molar-refractivity contribution in [3.8, 4) is 11.5 Å². The predicted molar refractivity (Wildman–Crippen MR) is 133 cm³/mol. The van der Waals surface area contributed by atoms with Crippen molar-refractivity contribution < 1.29 is 14.3 Å². The summed E-state index contributed by atoms with van der Waals surface area (Å²) in [6.45, 7) is 3.27. The van der Waals surface area contributed by atoms with E-state index in [1.165, 1.54) is 5.56 Å². The average molecular weight is 449 g/mol. The maximum absolute atomic E-state index is 12.6. The molecule has 0 bridgehead atoms. The molecule has 166 valence electrons. The summed E-state index contributed by atoms with van der Waals surface area (Å²) in [7, 11) is 0. The van der Waals surface area contributed by atoms with Crippen molar-refractivity contribution in [2.24, 2.45) is 0 Å². The maximum atomic E-state index is 12.6. The molecule has 0 saturated heterocycles. The number of carbonyl (C=O) groups excluding carboxylic acids is 1. The third-order valence-electron chi connectivity index (χ3n) is 4.73. The van der Waals surface area contributed by atoms with E-state index in [1.54, 1.807) is 18.2 Å². The van der Waals surface area contributed by atoms with Crippen molar-refractivity contribution in [1.29, 1.82) is 0 Å². The van der Waals surface area contributed by atoms with Gasteiger partial charge >= 0.3 is 0 Å². The highest BCUT2D eigenvalue weighted by Crippen LogP contribution is 2.19. The normalized spacial score (nSPS) is 10.3. The summed E-state index contributed by atoms with van der Waals surface area (Å²) in [6.07, 6.45) is 2.81. The minimum absolute atomic E-state index is 0.219. The first-order valence-corrected chi connectivity index (χ1v) is 11.2. The average Bonchev–Trinajstić information content (AvgIpc) is 2.81. The lowest BCUT2D eigenvalue weighted by molar-refractivity contribution is 0.0973. The van der Waals surface area contributed by atoms with Gasteiger partial charge in [0.25, 0.3) is 5.91 Å². The first kappa shape index (κ1) is 23.3. The summed E-state index contributed by atoms with van der Waals surface area (Å²) in [5.41, 5.74) is 2.46. The minimum atomic E-state index is -0.310. The number of unbranched alkanes of at least 4 members (excludes halogenated alkanes) is 1. The van der Waals surface area contributed by atoms with Crippen molar-refractivity contribution >= 4 is 28.9 Å². The van der Waals surface area contributed by atoms with Crippen molar-refractivity contribution in [1.82, 2.24) is 5.32 Å². The molecule has 0 atom stereocenters. The minimum Gasteiger partial charge on any atom is -0.493 e. The summed E-state index contributed by atoms with van der Waals surface area (Å²) in [5.74, 6) is 1.02. The van der Waals surface area contributed by atoms with Gasteiger partial charge in [-0.1, -0.05) is 55.8 Å². The summed E-state index contributed by atoms with van der Waals surface area (Å²) in [4.78, 5) is 12.6. The fourth-order valence-electron chi connectivity index (χ4n) is 3.01. The quantitative estimate of drug-likeness (QED) is 0.312. The summed E-state index contributed by atoms with van der Waals surface area (Å²) in [5, 5.41) is 5.96. The molecular formula is C26H28N2O3S. The van der Waals surface area contributed by atoms with Crippen molar-refractivity contribution in [2.45, 2.75) is 26.2 Å². The summed E-state index contributed by atoms with van der Waals surface area (Å²) < 4.78 is 11.5. The van der Waals surface area contributed by atoms with Gasteiger partial charge in [0.05, 0.1) is 18.8 Å². The van der Waals surface area contributed by atoms with Gasteiger partial charge in [0.15, 0.2) is 5.11 Å². The van der Waals surface area contributed by atoms with Gasteiger partial charge < -0.3 is 14.8 Å². The summed E-state index contributed by atoms with van der Waals surface area (Å²) in [6, 6.07) is 24.8. The highest BCUT2D eigenvalue weighted by molar-refractivity contribution is 7.80. The number of anilines is 1. The Bertz CT molecular complexity index is 1010. The Morgan fingerprint density at radius 1 is 0.875 bits per heavy atom. The van der Waals surface area contributed by atoms with Crippen LogP contribution in [0.25, 0.3) is 0 Å². The molecule has 2 N–H and O–H groups in total. The van der Waals surface area contributed by atoms with Gasteiger partial charge in [-0.25, -0.2) is 0 Å². The van der Waals surface area contributed by atoms with Gasteiger partial charge in [-0.2, -0.15) is 0 Å². The van der Waals surface area contributed by atoms with E-state index < -0.39 is 0 Å². The molecule has 5 nitrogen and oxygen atoms in total. The molecule has 0 radical (unpaired) electrons. The Labute approximate surface area is 194 Å². The number of nitrogens with one attached hydrogen (secondary N) is 2. The zero-order valence-corrected chi connectivity index (χ0v) is 19.0. The first-order chi connectivity index (χ1) is 15.7. The van der Waals surface area contributed by atoms with Crippen LogP contribution in [0.4, 0.5) is 5.69 Å². The van der Waals surface area contributed by atoms with Crippen molar-refractivity contribution in [2.75, 3.05) is 18.5 Å². The second-order valence-corrected chi connectivity index (χ2v) is 7.62. The molecule has 1 amide bonds. The molecule has 0 aliphatic heterocycles. The van der Waals surface area contributed by atoms with Gasteiger partial charge in [-0.3, -0.25) is 10.1 Å². The zero-order chi connectivity index (χ0) is 22.6. The number of benzene rings is 3. The monoisotopic (exact) mass is 448 g/mol. The first-order valence-electron chi connectivity index (χ1n) is 10.8. The van der Waals surface area contributed by atoms with Crippen LogP contribution < -0.4 is 20.1 Å². The maximum Gasteiger partial charge on any atom is 0.261 e. The topological polar surface area (TPSA) is 59.6 Å². The molecule has 0 aromatic heterocycles. The van der Waals surface area contributed by atoms with E-state index in [0.717, 1.165) is 30.7 Å². The molecule has 0 saturated carbocycles. The summed E-state index contributed by atoms with van der Waals surface area (Å²) >= 11 is 5.30. The fourth-order valence-corrected chi connectivity index (χ4v) is 3.22. The highest BCUT2D eigenvalue weighted by Gasteiger charge is 2.13. The SMILES string of the molecule is CCCCOc1ccccc1C(=O)NC(=S)Nc1ccc(OCCc2ccccc2)cc1. The van der Waals surface area contributed by atoms with Gasteiger partial charge in [0, 0.05) is 12.1 Å². The van der Waals surface area contributed by atoms with Crippen LogP contribution >= 0.6 is 12.2 Å². The molecule has 3 aromatic rings. The number of hydrogen-bond acceptors (Lipinski definition) is 4. The molecule has 0 spiro atoms. The molecule has 6 heteroatoms. The van der Waals surface area contributed by atoms with Crippen LogP contribution in [-0.2, 0) is 6.42 Å². The molecule has 0 aliphatic rings. The van der Waals surface area contributed by atoms with Crippen molar-refractivity contribution in [3.63, 3.8) is 0 Å². The largest absolute Gasteiger partial charge is 0.493 e. The van der Waals surface area contributed by atoms with Crippen LogP contribution in [0, 0.1) is 0 Å². The van der Waals surface area contributed by atoms with E-state index in [4.69, 9.17) is 21.7 Å². The van der Waals surface area contributed by atoms with Crippen LogP contribution in [0.15, 0.2) is 78.9 Å². The molecule has 0 fully saturated rings. The van der Waals surface area contributed by atoms with Crippen LogP contribution in [0.3, 0.4) is 0 Å².